The van der Waals surface area contributed by atoms with E-state index >= 15 is 0 Å². The van der Waals surface area contributed by atoms with Crippen molar-refractivity contribution < 1.29 is 9.53 Å². The lowest BCUT2D eigenvalue weighted by atomic mass is 10.1. The van der Waals surface area contributed by atoms with Crippen molar-refractivity contribution in [2.75, 3.05) is 39.8 Å². The Kier molecular flexibility index (Phi) is 6.45. The number of esters is 1. The molecule has 2 heterocycles. The summed E-state index contributed by atoms with van der Waals surface area (Å²) in [6, 6.07) is 1.21. The molecule has 5 nitrogen and oxygen atoms in total. The SMILES string of the molecule is CCCNC(CN1CCC2CCC(C1)N2C)C(=O)OCC. The van der Waals surface area contributed by atoms with Crippen LogP contribution in [0.25, 0.3) is 0 Å². The van der Waals surface area contributed by atoms with Gasteiger partial charge in [-0.05, 0) is 52.7 Å². The zero-order chi connectivity index (χ0) is 15.2. The smallest absolute Gasteiger partial charge is 0.324 e. The van der Waals surface area contributed by atoms with Gasteiger partial charge in [0, 0.05) is 25.2 Å². The van der Waals surface area contributed by atoms with E-state index in [0.29, 0.717) is 12.6 Å². The highest BCUT2D eigenvalue weighted by Gasteiger charge is 2.35. The molecule has 1 N–H and O–H groups in total. The number of hydrogen-bond acceptors (Lipinski definition) is 5. The van der Waals surface area contributed by atoms with Gasteiger partial charge in [0.15, 0.2) is 0 Å². The maximum atomic E-state index is 12.1. The first-order valence-electron chi connectivity index (χ1n) is 8.50. The summed E-state index contributed by atoms with van der Waals surface area (Å²) >= 11 is 0. The van der Waals surface area contributed by atoms with E-state index in [4.69, 9.17) is 4.74 Å². The molecule has 3 unspecified atom stereocenters. The van der Waals surface area contributed by atoms with E-state index in [1.807, 2.05) is 6.92 Å². The summed E-state index contributed by atoms with van der Waals surface area (Å²) in [4.78, 5) is 17.1. The average molecular weight is 297 g/mol. The summed E-state index contributed by atoms with van der Waals surface area (Å²) in [6.45, 7) is 8.26. The number of carbonyl (C=O) groups is 1. The molecule has 2 fully saturated rings. The molecule has 0 spiro atoms. The Bertz CT molecular complexity index is 337. The fourth-order valence-corrected chi connectivity index (χ4v) is 3.59. The molecule has 2 rings (SSSR count). The van der Waals surface area contributed by atoms with E-state index < -0.39 is 0 Å². The van der Waals surface area contributed by atoms with Gasteiger partial charge in [0.05, 0.1) is 6.61 Å². The van der Waals surface area contributed by atoms with Crippen molar-refractivity contribution >= 4 is 5.97 Å². The number of fused-ring (bicyclic) bond motifs is 2. The van der Waals surface area contributed by atoms with Gasteiger partial charge in [-0.15, -0.1) is 0 Å². The Balaban J connectivity index is 1.91. The van der Waals surface area contributed by atoms with Crippen molar-refractivity contribution in [3.63, 3.8) is 0 Å². The molecular weight excluding hydrogens is 266 g/mol. The van der Waals surface area contributed by atoms with Crippen LogP contribution in [-0.4, -0.2) is 73.7 Å². The lowest BCUT2D eigenvalue weighted by molar-refractivity contribution is -0.146. The van der Waals surface area contributed by atoms with Gasteiger partial charge >= 0.3 is 5.97 Å². The summed E-state index contributed by atoms with van der Waals surface area (Å²) < 4.78 is 5.22. The van der Waals surface area contributed by atoms with Crippen molar-refractivity contribution in [3.05, 3.63) is 0 Å². The van der Waals surface area contributed by atoms with Crippen molar-refractivity contribution in [2.24, 2.45) is 0 Å². The normalized spacial score (nSPS) is 28.3. The highest BCUT2D eigenvalue weighted by molar-refractivity contribution is 5.76. The van der Waals surface area contributed by atoms with E-state index in [0.717, 1.165) is 38.6 Å². The Morgan fingerprint density at radius 3 is 2.76 bits per heavy atom. The molecule has 0 aliphatic carbocycles. The predicted molar refractivity (Wildman–Crippen MR) is 84.3 cm³/mol. The highest BCUT2D eigenvalue weighted by Crippen LogP contribution is 2.28. The maximum Gasteiger partial charge on any atom is 0.324 e. The van der Waals surface area contributed by atoms with Crippen LogP contribution in [-0.2, 0) is 9.53 Å². The van der Waals surface area contributed by atoms with Crippen LogP contribution in [0.4, 0.5) is 0 Å². The Hall–Kier alpha value is -0.650. The average Bonchev–Trinajstić information content (AvgIpc) is 2.71. The third-order valence-corrected chi connectivity index (χ3v) is 4.89. The second-order valence-electron chi connectivity index (χ2n) is 6.36. The molecule has 3 atom stereocenters. The zero-order valence-electron chi connectivity index (χ0n) is 13.8. The molecular formula is C16H31N3O2. The number of nitrogens with zero attached hydrogens (tertiary/aromatic N) is 2. The molecule has 2 bridgehead atoms. The molecule has 0 saturated carbocycles. The van der Waals surface area contributed by atoms with Crippen molar-refractivity contribution in [1.82, 2.24) is 15.1 Å². The van der Waals surface area contributed by atoms with Crippen molar-refractivity contribution in [3.8, 4) is 0 Å². The molecule has 0 aromatic carbocycles. The van der Waals surface area contributed by atoms with E-state index in [1.165, 1.54) is 19.3 Å². The van der Waals surface area contributed by atoms with Crippen LogP contribution in [0.5, 0.6) is 0 Å². The summed E-state index contributed by atoms with van der Waals surface area (Å²) in [7, 11) is 2.25. The van der Waals surface area contributed by atoms with Gasteiger partial charge in [-0.3, -0.25) is 14.6 Å². The molecule has 0 aromatic heterocycles. The van der Waals surface area contributed by atoms with E-state index in [-0.39, 0.29) is 12.0 Å². The number of likely N-dealkylation sites (N-methyl/N-ethyl adjacent to an activating group) is 1. The molecule has 2 aliphatic rings. The second kappa shape index (κ2) is 8.11. The van der Waals surface area contributed by atoms with Crippen LogP contribution < -0.4 is 5.32 Å². The quantitative estimate of drug-likeness (QED) is 0.713. The minimum atomic E-state index is -0.188. The molecule has 0 amide bonds. The summed E-state index contributed by atoms with van der Waals surface area (Å²) in [6.07, 6.45) is 4.88. The predicted octanol–water partition coefficient (Wildman–Crippen LogP) is 1.09. The number of nitrogens with one attached hydrogen (secondary N) is 1. The topological polar surface area (TPSA) is 44.8 Å². The van der Waals surface area contributed by atoms with E-state index in [2.05, 4.69) is 29.1 Å². The second-order valence-corrected chi connectivity index (χ2v) is 6.36. The number of rotatable bonds is 7. The van der Waals surface area contributed by atoms with Gasteiger partial charge in [-0.1, -0.05) is 6.92 Å². The lowest BCUT2D eigenvalue weighted by Crippen LogP contribution is -2.49. The van der Waals surface area contributed by atoms with Crippen LogP contribution in [0.1, 0.15) is 39.5 Å². The van der Waals surface area contributed by atoms with Gasteiger partial charge in [0.25, 0.3) is 0 Å². The molecule has 5 heteroatoms. The van der Waals surface area contributed by atoms with E-state index in [9.17, 15) is 4.79 Å². The Morgan fingerprint density at radius 2 is 2.05 bits per heavy atom. The summed E-state index contributed by atoms with van der Waals surface area (Å²) in [5, 5.41) is 3.35. The third kappa shape index (κ3) is 4.41. The van der Waals surface area contributed by atoms with Crippen LogP contribution >= 0.6 is 0 Å². The van der Waals surface area contributed by atoms with Gasteiger partial charge in [0.1, 0.15) is 6.04 Å². The summed E-state index contributed by atoms with van der Waals surface area (Å²) in [5.41, 5.74) is 0. The zero-order valence-corrected chi connectivity index (χ0v) is 13.8. The van der Waals surface area contributed by atoms with Gasteiger partial charge in [-0.2, -0.15) is 0 Å². The fraction of sp³-hybridized carbons (Fsp3) is 0.938. The fourth-order valence-electron chi connectivity index (χ4n) is 3.59. The van der Waals surface area contributed by atoms with Crippen LogP contribution in [0.15, 0.2) is 0 Å². The first kappa shape index (κ1) is 16.7. The van der Waals surface area contributed by atoms with Crippen LogP contribution in [0.2, 0.25) is 0 Å². The van der Waals surface area contributed by atoms with E-state index in [1.54, 1.807) is 0 Å². The lowest BCUT2D eigenvalue weighted by Gasteiger charge is -2.29. The highest BCUT2D eigenvalue weighted by atomic mass is 16.5. The number of carbonyl (C=O) groups excluding carboxylic acids is 1. The number of hydrogen-bond donors (Lipinski definition) is 1. The molecule has 0 aromatic rings. The Morgan fingerprint density at radius 1 is 1.29 bits per heavy atom. The third-order valence-electron chi connectivity index (χ3n) is 4.89. The van der Waals surface area contributed by atoms with Crippen LogP contribution in [0, 0.1) is 0 Å². The molecule has 0 radical (unpaired) electrons. The van der Waals surface area contributed by atoms with Gasteiger partial charge < -0.3 is 10.1 Å². The largest absolute Gasteiger partial charge is 0.465 e. The Labute approximate surface area is 129 Å². The standard InChI is InChI=1S/C16H31N3O2/c1-4-9-17-15(16(20)21-5-2)12-19-10-8-13-6-7-14(11-19)18(13)3/h13-15,17H,4-12H2,1-3H3. The molecule has 2 aliphatic heterocycles. The number of likely N-dealkylation sites (tertiary alicyclic amines) is 1. The minimum absolute atomic E-state index is 0.103. The first-order chi connectivity index (χ1) is 10.2. The molecule has 21 heavy (non-hydrogen) atoms. The summed E-state index contributed by atoms with van der Waals surface area (Å²) in [5.74, 6) is -0.103. The monoisotopic (exact) mass is 297 g/mol. The molecule has 122 valence electrons. The minimum Gasteiger partial charge on any atom is -0.465 e. The maximum absolute atomic E-state index is 12.1. The molecule has 2 saturated heterocycles. The number of ether oxygens (including phenoxy) is 1. The van der Waals surface area contributed by atoms with Crippen molar-refractivity contribution in [2.45, 2.75) is 57.7 Å². The van der Waals surface area contributed by atoms with Crippen LogP contribution in [0.3, 0.4) is 0 Å². The first-order valence-corrected chi connectivity index (χ1v) is 8.50. The van der Waals surface area contributed by atoms with Gasteiger partial charge in [-0.25, -0.2) is 0 Å². The van der Waals surface area contributed by atoms with Crippen molar-refractivity contribution in [1.29, 1.82) is 0 Å². The van der Waals surface area contributed by atoms with Gasteiger partial charge in [0.2, 0.25) is 0 Å².